The lowest BCUT2D eigenvalue weighted by Crippen LogP contribution is -2.12. The summed E-state index contributed by atoms with van der Waals surface area (Å²) in [5.74, 6) is 0.0195. The Morgan fingerprint density at radius 1 is 1.23 bits per heavy atom. The highest BCUT2D eigenvalue weighted by Gasteiger charge is 2.25. The molecule has 6 nitrogen and oxygen atoms in total. The Balaban J connectivity index is 1.90. The highest BCUT2D eigenvalue weighted by Crippen LogP contribution is 2.28. The quantitative estimate of drug-likeness (QED) is 0.340. The number of hydrogen-bond acceptors (Lipinski definition) is 5. The average Bonchev–Trinajstić information content (AvgIpc) is 3.42. The molecular weight excluding hydrogens is 334 g/mol. The highest BCUT2D eigenvalue weighted by molar-refractivity contribution is 6.11. The summed E-state index contributed by atoms with van der Waals surface area (Å²) >= 11 is 0. The van der Waals surface area contributed by atoms with Crippen molar-refractivity contribution >= 4 is 11.5 Å². The first-order valence-corrected chi connectivity index (χ1v) is 8.44. The zero-order valence-electron chi connectivity index (χ0n) is 15.0. The molecule has 6 heteroatoms. The number of carbonyl (C=O) groups excluding carboxylic acids is 1. The molecule has 0 aromatic heterocycles. The van der Waals surface area contributed by atoms with Crippen LogP contribution >= 0.6 is 0 Å². The lowest BCUT2D eigenvalue weighted by Gasteiger charge is -2.19. The van der Waals surface area contributed by atoms with Crippen molar-refractivity contribution in [1.82, 2.24) is 0 Å². The Hall–Kier alpha value is -2.73. The third-order valence-corrected chi connectivity index (χ3v) is 4.26. The van der Waals surface area contributed by atoms with Crippen LogP contribution in [0.25, 0.3) is 0 Å². The normalized spacial score (nSPS) is 16.2. The van der Waals surface area contributed by atoms with E-state index in [0.717, 1.165) is 5.56 Å². The third kappa shape index (κ3) is 4.08. The first-order chi connectivity index (χ1) is 12.3. The summed E-state index contributed by atoms with van der Waals surface area (Å²) in [4.78, 5) is 23.6. The summed E-state index contributed by atoms with van der Waals surface area (Å²) in [5.41, 5.74) is 1.25. The molecule has 136 valence electrons. The molecule has 0 amide bonds. The number of ether oxygens (including phenoxy) is 2. The monoisotopic (exact) mass is 355 g/mol. The van der Waals surface area contributed by atoms with Crippen molar-refractivity contribution in [3.63, 3.8) is 0 Å². The molecule has 1 unspecified atom stereocenters. The molecule has 1 aliphatic heterocycles. The van der Waals surface area contributed by atoms with Crippen molar-refractivity contribution in [2.45, 2.75) is 32.3 Å². The Morgan fingerprint density at radius 3 is 2.42 bits per heavy atom. The second kappa shape index (κ2) is 6.88. The molecule has 0 N–H and O–H groups in total. The van der Waals surface area contributed by atoms with Gasteiger partial charge in [0.2, 0.25) is 0 Å². The molecule has 1 saturated heterocycles. The molecule has 0 saturated carbocycles. The summed E-state index contributed by atoms with van der Waals surface area (Å²) in [6.07, 6.45) is 0.0642. The smallest absolute Gasteiger partial charge is 0.280 e. The lowest BCUT2D eigenvalue weighted by atomic mass is 9.86. The van der Waals surface area contributed by atoms with Gasteiger partial charge < -0.3 is 9.47 Å². The molecule has 1 aliphatic rings. The van der Waals surface area contributed by atoms with Crippen LogP contribution in [-0.4, -0.2) is 30.0 Å². The summed E-state index contributed by atoms with van der Waals surface area (Å²) < 4.78 is 10.6. The van der Waals surface area contributed by atoms with E-state index in [1.807, 2.05) is 12.1 Å². The first kappa shape index (κ1) is 18.1. The van der Waals surface area contributed by atoms with Gasteiger partial charge in [0.1, 0.15) is 24.0 Å². The average molecular weight is 355 g/mol. The van der Waals surface area contributed by atoms with Crippen LogP contribution in [-0.2, 0) is 10.2 Å². The Labute approximate surface area is 151 Å². The van der Waals surface area contributed by atoms with Gasteiger partial charge in [0, 0.05) is 11.6 Å². The van der Waals surface area contributed by atoms with E-state index in [4.69, 9.17) is 9.47 Å². The fraction of sp³-hybridized carbons (Fsp3) is 0.350. The Bertz CT molecular complexity index is 832. The Morgan fingerprint density at radius 2 is 1.88 bits per heavy atom. The molecule has 1 fully saturated rings. The van der Waals surface area contributed by atoms with Gasteiger partial charge in [0.15, 0.2) is 5.78 Å². The largest absolute Gasteiger partial charge is 0.491 e. The van der Waals surface area contributed by atoms with Crippen LogP contribution in [0.15, 0.2) is 42.5 Å². The van der Waals surface area contributed by atoms with Gasteiger partial charge >= 0.3 is 0 Å². The van der Waals surface area contributed by atoms with Crippen molar-refractivity contribution in [2.24, 2.45) is 0 Å². The molecule has 0 aliphatic carbocycles. The maximum absolute atomic E-state index is 12.9. The minimum Gasteiger partial charge on any atom is -0.491 e. The van der Waals surface area contributed by atoms with Gasteiger partial charge in [-0.05, 0) is 23.1 Å². The van der Waals surface area contributed by atoms with E-state index in [1.165, 1.54) is 18.2 Å². The van der Waals surface area contributed by atoms with Crippen molar-refractivity contribution in [3.8, 4) is 5.75 Å². The number of nitro groups is 1. The van der Waals surface area contributed by atoms with E-state index in [0.29, 0.717) is 24.5 Å². The summed E-state index contributed by atoms with van der Waals surface area (Å²) in [5, 5.41) is 11.3. The molecular formula is C20H21NO5. The van der Waals surface area contributed by atoms with Crippen molar-refractivity contribution in [3.05, 3.63) is 69.3 Å². The number of epoxide rings is 1. The lowest BCUT2D eigenvalue weighted by molar-refractivity contribution is -0.385. The first-order valence-electron chi connectivity index (χ1n) is 8.44. The van der Waals surface area contributed by atoms with Gasteiger partial charge in [-0.25, -0.2) is 0 Å². The second-order valence-electron chi connectivity index (χ2n) is 7.36. The van der Waals surface area contributed by atoms with Gasteiger partial charge in [-0.15, -0.1) is 0 Å². The van der Waals surface area contributed by atoms with Gasteiger partial charge in [-0.2, -0.15) is 0 Å². The number of benzene rings is 2. The zero-order valence-corrected chi connectivity index (χ0v) is 15.0. The molecule has 2 aromatic carbocycles. The van der Waals surface area contributed by atoms with Crippen LogP contribution < -0.4 is 4.74 Å². The maximum Gasteiger partial charge on any atom is 0.280 e. The van der Waals surface area contributed by atoms with Gasteiger partial charge in [0.25, 0.3) is 5.69 Å². The molecule has 3 rings (SSSR count). The van der Waals surface area contributed by atoms with Crippen LogP contribution in [0.1, 0.15) is 42.3 Å². The van der Waals surface area contributed by atoms with Crippen LogP contribution in [0.2, 0.25) is 0 Å². The number of hydrogen-bond donors (Lipinski definition) is 0. The predicted octanol–water partition coefficient (Wildman–Crippen LogP) is 3.90. The highest BCUT2D eigenvalue weighted by atomic mass is 16.6. The van der Waals surface area contributed by atoms with Crippen LogP contribution in [0.3, 0.4) is 0 Å². The number of rotatable bonds is 6. The third-order valence-electron chi connectivity index (χ3n) is 4.26. The van der Waals surface area contributed by atoms with Crippen LogP contribution in [0.4, 0.5) is 5.69 Å². The van der Waals surface area contributed by atoms with E-state index in [2.05, 4.69) is 20.8 Å². The van der Waals surface area contributed by atoms with Gasteiger partial charge in [-0.3, -0.25) is 14.9 Å². The summed E-state index contributed by atoms with van der Waals surface area (Å²) in [7, 11) is 0. The summed E-state index contributed by atoms with van der Waals surface area (Å²) in [6.45, 7) is 7.27. The topological polar surface area (TPSA) is 82.0 Å². The molecule has 0 radical (unpaired) electrons. The Kier molecular flexibility index (Phi) is 4.78. The van der Waals surface area contributed by atoms with E-state index in [-0.39, 0.29) is 22.8 Å². The van der Waals surface area contributed by atoms with Crippen LogP contribution in [0.5, 0.6) is 5.75 Å². The minimum absolute atomic E-state index is 0.0210. The van der Waals surface area contributed by atoms with E-state index >= 15 is 0 Å². The van der Waals surface area contributed by atoms with E-state index < -0.39 is 10.7 Å². The summed E-state index contributed by atoms with van der Waals surface area (Å²) in [6, 6.07) is 11.4. The zero-order chi connectivity index (χ0) is 18.9. The standard InChI is InChI=1S/C20H21NO5/c1-20(2,3)14-6-4-13(5-7-14)19(22)17-10-15(25-11-16-12-26-16)8-9-18(17)21(23)24/h4-10,16H,11-12H2,1-3H3. The molecule has 0 bridgehead atoms. The molecule has 1 heterocycles. The second-order valence-corrected chi connectivity index (χ2v) is 7.36. The maximum atomic E-state index is 12.9. The molecule has 1 atom stereocenters. The number of carbonyl (C=O) groups is 1. The fourth-order valence-electron chi connectivity index (χ4n) is 2.58. The van der Waals surface area contributed by atoms with Crippen LogP contribution in [0, 0.1) is 10.1 Å². The fourth-order valence-corrected chi connectivity index (χ4v) is 2.58. The minimum atomic E-state index is -0.551. The van der Waals surface area contributed by atoms with Gasteiger partial charge in [-0.1, -0.05) is 45.0 Å². The number of nitro benzene ring substituents is 1. The van der Waals surface area contributed by atoms with E-state index in [9.17, 15) is 14.9 Å². The van der Waals surface area contributed by atoms with Gasteiger partial charge in [0.05, 0.1) is 11.5 Å². The van der Waals surface area contributed by atoms with Crippen molar-refractivity contribution < 1.29 is 19.2 Å². The SMILES string of the molecule is CC(C)(C)c1ccc(C(=O)c2cc(OCC3CO3)ccc2[N+](=O)[O-])cc1. The predicted molar refractivity (Wildman–Crippen MR) is 96.9 cm³/mol. The van der Waals surface area contributed by atoms with E-state index in [1.54, 1.807) is 12.1 Å². The van der Waals surface area contributed by atoms with Crippen molar-refractivity contribution in [2.75, 3.05) is 13.2 Å². The number of nitrogens with zero attached hydrogens (tertiary/aromatic N) is 1. The van der Waals surface area contributed by atoms with Crippen molar-refractivity contribution in [1.29, 1.82) is 0 Å². The molecule has 26 heavy (non-hydrogen) atoms. The number of ketones is 1. The molecule has 0 spiro atoms. The molecule has 2 aromatic rings.